The minimum atomic E-state index is -0.373. The first-order valence-corrected chi connectivity index (χ1v) is 7.07. The van der Waals surface area contributed by atoms with Crippen LogP contribution in [0.2, 0.25) is 0 Å². The summed E-state index contributed by atoms with van der Waals surface area (Å²) in [5, 5.41) is 3.31. The molecule has 3 aliphatic heterocycles. The number of carbonyl (C=O) groups is 1. The van der Waals surface area contributed by atoms with Crippen molar-refractivity contribution in [2.24, 2.45) is 5.92 Å². The zero-order valence-electron chi connectivity index (χ0n) is 10.8. The number of hydrogen-bond donors (Lipinski definition) is 1. The molecule has 0 bridgehead atoms. The van der Waals surface area contributed by atoms with Crippen LogP contribution in [-0.4, -0.2) is 56.0 Å². The zero-order chi connectivity index (χ0) is 12.4. The first-order chi connectivity index (χ1) is 8.79. The molecule has 0 aromatic heterocycles. The molecule has 5 heteroatoms. The van der Waals surface area contributed by atoms with Gasteiger partial charge in [0.05, 0.1) is 19.1 Å². The van der Waals surface area contributed by atoms with E-state index in [0.717, 1.165) is 51.9 Å². The van der Waals surface area contributed by atoms with Gasteiger partial charge in [-0.1, -0.05) is 0 Å². The van der Waals surface area contributed by atoms with E-state index in [2.05, 4.69) is 5.32 Å². The van der Waals surface area contributed by atoms with E-state index in [1.165, 1.54) is 0 Å². The maximum Gasteiger partial charge on any atom is 0.226 e. The van der Waals surface area contributed by atoms with E-state index in [1.807, 2.05) is 4.90 Å². The van der Waals surface area contributed by atoms with Crippen LogP contribution in [0.1, 0.15) is 25.7 Å². The average molecular weight is 254 g/mol. The molecule has 102 valence electrons. The van der Waals surface area contributed by atoms with Crippen LogP contribution in [-0.2, 0) is 14.3 Å². The summed E-state index contributed by atoms with van der Waals surface area (Å²) in [5.74, 6) is 0.120. The lowest BCUT2D eigenvalue weighted by molar-refractivity contribution is -0.188. The Kier molecular flexibility index (Phi) is 3.54. The number of nitrogens with one attached hydrogen (secondary N) is 1. The Morgan fingerprint density at radius 2 is 1.94 bits per heavy atom. The molecule has 0 aliphatic carbocycles. The number of hydrogen-bond acceptors (Lipinski definition) is 4. The van der Waals surface area contributed by atoms with Gasteiger partial charge in [0.2, 0.25) is 5.91 Å². The van der Waals surface area contributed by atoms with Crippen molar-refractivity contribution in [2.75, 3.05) is 39.4 Å². The molecule has 1 amide bonds. The zero-order valence-corrected chi connectivity index (χ0v) is 10.8. The molecule has 1 unspecified atom stereocenters. The van der Waals surface area contributed by atoms with Gasteiger partial charge in [-0.2, -0.15) is 0 Å². The van der Waals surface area contributed by atoms with Crippen molar-refractivity contribution < 1.29 is 14.3 Å². The van der Waals surface area contributed by atoms with E-state index in [-0.39, 0.29) is 11.7 Å². The van der Waals surface area contributed by atoms with Crippen LogP contribution in [0.4, 0.5) is 0 Å². The van der Waals surface area contributed by atoms with Gasteiger partial charge in [-0.3, -0.25) is 4.79 Å². The summed E-state index contributed by atoms with van der Waals surface area (Å²) in [6, 6.07) is 0. The molecule has 0 aromatic rings. The number of carbonyl (C=O) groups excluding carboxylic acids is 1. The third-order valence-electron chi connectivity index (χ3n) is 4.30. The van der Waals surface area contributed by atoms with Gasteiger partial charge in [-0.25, -0.2) is 0 Å². The minimum Gasteiger partial charge on any atom is -0.347 e. The fraction of sp³-hybridized carbons (Fsp3) is 0.923. The molecule has 3 rings (SSSR count). The molecule has 18 heavy (non-hydrogen) atoms. The van der Waals surface area contributed by atoms with E-state index in [9.17, 15) is 4.79 Å². The smallest absolute Gasteiger partial charge is 0.226 e. The van der Waals surface area contributed by atoms with Crippen LogP contribution >= 0.6 is 0 Å². The maximum atomic E-state index is 12.4. The number of ether oxygens (including phenoxy) is 2. The molecule has 0 saturated carbocycles. The van der Waals surface area contributed by atoms with Gasteiger partial charge in [0, 0.05) is 32.5 Å². The number of nitrogens with zero attached hydrogens (tertiary/aromatic N) is 1. The molecule has 3 aliphatic rings. The van der Waals surface area contributed by atoms with Crippen molar-refractivity contribution >= 4 is 5.91 Å². The van der Waals surface area contributed by atoms with Crippen LogP contribution in [0.3, 0.4) is 0 Å². The highest BCUT2D eigenvalue weighted by Crippen LogP contribution is 2.32. The lowest BCUT2D eigenvalue weighted by atomic mass is 9.96. The van der Waals surface area contributed by atoms with Crippen LogP contribution < -0.4 is 5.32 Å². The molecule has 5 nitrogen and oxygen atoms in total. The Balaban J connectivity index is 1.53. The van der Waals surface area contributed by atoms with Crippen molar-refractivity contribution in [2.45, 2.75) is 31.5 Å². The molecular formula is C13H22N2O3. The monoisotopic (exact) mass is 254 g/mol. The molecule has 0 aromatic carbocycles. The Bertz CT molecular complexity index is 299. The van der Waals surface area contributed by atoms with Crippen molar-refractivity contribution in [1.29, 1.82) is 0 Å². The summed E-state index contributed by atoms with van der Waals surface area (Å²) in [4.78, 5) is 14.4. The van der Waals surface area contributed by atoms with Crippen LogP contribution in [0.5, 0.6) is 0 Å². The highest BCUT2D eigenvalue weighted by Gasteiger charge is 2.41. The molecular weight excluding hydrogens is 232 g/mol. The quantitative estimate of drug-likeness (QED) is 0.733. The summed E-state index contributed by atoms with van der Waals surface area (Å²) >= 11 is 0. The Morgan fingerprint density at radius 1 is 1.22 bits per heavy atom. The van der Waals surface area contributed by atoms with Crippen molar-refractivity contribution in [3.8, 4) is 0 Å². The lowest BCUT2D eigenvalue weighted by Crippen LogP contribution is -2.50. The predicted molar refractivity (Wildman–Crippen MR) is 66.0 cm³/mol. The van der Waals surface area contributed by atoms with Gasteiger partial charge in [0.25, 0.3) is 0 Å². The van der Waals surface area contributed by atoms with Gasteiger partial charge < -0.3 is 19.7 Å². The second-order valence-corrected chi connectivity index (χ2v) is 5.48. The summed E-state index contributed by atoms with van der Waals surface area (Å²) in [5.41, 5.74) is 0. The minimum absolute atomic E-state index is 0.179. The summed E-state index contributed by atoms with van der Waals surface area (Å²) in [6.45, 7) is 4.83. The van der Waals surface area contributed by atoms with Gasteiger partial charge in [0.15, 0.2) is 5.79 Å². The van der Waals surface area contributed by atoms with Gasteiger partial charge >= 0.3 is 0 Å². The fourth-order valence-corrected chi connectivity index (χ4v) is 3.17. The van der Waals surface area contributed by atoms with Crippen molar-refractivity contribution in [3.05, 3.63) is 0 Å². The summed E-state index contributed by atoms with van der Waals surface area (Å²) < 4.78 is 11.4. The predicted octanol–water partition coefficient (Wildman–Crippen LogP) is 0.352. The second kappa shape index (κ2) is 5.15. The molecule has 1 N–H and O–H groups in total. The SMILES string of the molecule is O=C(C1CCCNC1)N1CCC2(CC1)OCCO2. The van der Waals surface area contributed by atoms with E-state index < -0.39 is 0 Å². The topological polar surface area (TPSA) is 50.8 Å². The third kappa shape index (κ3) is 2.39. The largest absolute Gasteiger partial charge is 0.347 e. The summed E-state index contributed by atoms with van der Waals surface area (Å²) in [7, 11) is 0. The number of rotatable bonds is 1. The van der Waals surface area contributed by atoms with Crippen molar-refractivity contribution in [1.82, 2.24) is 10.2 Å². The second-order valence-electron chi connectivity index (χ2n) is 5.48. The van der Waals surface area contributed by atoms with Crippen LogP contribution in [0.25, 0.3) is 0 Å². The normalized spacial score (nSPS) is 31.8. The van der Waals surface area contributed by atoms with E-state index in [4.69, 9.17) is 9.47 Å². The van der Waals surface area contributed by atoms with Gasteiger partial charge in [-0.05, 0) is 19.4 Å². The van der Waals surface area contributed by atoms with Crippen LogP contribution in [0, 0.1) is 5.92 Å². The third-order valence-corrected chi connectivity index (χ3v) is 4.30. The van der Waals surface area contributed by atoms with Crippen LogP contribution in [0.15, 0.2) is 0 Å². The highest BCUT2D eigenvalue weighted by atomic mass is 16.7. The first kappa shape index (κ1) is 12.4. The maximum absolute atomic E-state index is 12.4. The molecule has 3 fully saturated rings. The summed E-state index contributed by atoms with van der Waals surface area (Å²) in [6.07, 6.45) is 3.78. The van der Waals surface area contributed by atoms with E-state index in [1.54, 1.807) is 0 Å². The number of likely N-dealkylation sites (tertiary alicyclic amines) is 1. The average Bonchev–Trinajstić information content (AvgIpc) is 2.88. The molecule has 1 spiro atoms. The van der Waals surface area contributed by atoms with E-state index in [0.29, 0.717) is 19.1 Å². The lowest BCUT2D eigenvalue weighted by Gasteiger charge is -2.39. The number of piperidine rings is 2. The fourth-order valence-electron chi connectivity index (χ4n) is 3.17. The Labute approximate surface area is 108 Å². The molecule has 3 heterocycles. The Hall–Kier alpha value is -0.650. The van der Waals surface area contributed by atoms with Gasteiger partial charge in [-0.15, -0.1) is 0 Å². The molecule has 3 saturated heterocycles. The standard InChI is InChI=1S/C13H22N2O3/c16-12(11-2-1-5-14-10-11)15-6-3-13(4-7-15)17-8-9-18-13/h11,14H,1-10H2. The van der Waals surface area contributed by atoms with E-state index >= 15 is 0 Å². The highest BCUT2D eigenvalue weighted by molar-refractivity contribution is 5.79. The number of amides is 1. The first-order valence-electron chi connectivity index (χ1n) is 7.07. The Morgan fingerprint density at radius 3 is 2.56 bits per heavy atom. The van der Waals surface area contributed by atoms with Gasteiger partial charge in [0.1, 0.15) is 0 Å². The molecule has 0 radical (unpaired) electrons. The molecule has 1 atom stereocenters. The van der Waals surface area contributed by atoms with Crippen molar-refractivity contribution in [3.63, 3.8) is 0 Å².